The first-order valence-corrected chi connectivity index (χ1v) is 9.58. The molecule has 0 saturated carbocycles. The molecular weight excluding hydrogens is 416 g/mol. The van der Waals surface area contributed by atoms with Crippen LogP contribution in [0.25, 0.3) is 10.8 Å². The van der Waals surface area contributed by atoms with Gasteiger partial charge in [0.2, 0.25) is 0 Å². The zero-order valence-corrected chi connectivity index (χ0v) is 16.5. The fourth-order valence-corrected chi connectivity index (χ4v) is 3.01. The number of anilines is 1. The number of hydrogen-bond acceptors (Lipinski definition) is 9. The van der Waals surface area contributed by atoms with Gasteiger partial charge in [-0.15, -0.1) is 16.4 Å². The Balaban J connectivity index is 1.50. The summed E-state index contributed by atoms with van der Waals surface area (Å²) < 4.78 is 11.1. The minimum absolute atomic E-state index is 0.0662. The molecule has 0 fully saturated rings. The van der Waals surface area contributed by atoms with Crippen molar-refractivity contribution in [3.05, 3.63) is 62.4 Å². The second-order valence-corrected chi connectivity index (χ2v) is 7.00. The number of amides is 1. The van der Waals surface area contributed by atoms with Crippen LogP contribution >= 0.6 is 11.3 Å². The Kier molecular flexibility index (Phi) is 6.37. The van der Waals surface area contributed by atoms with E-state index in [1.165, 1.54) is 42.5 Å². The number of hydrogen-bond donors (Lipinski definition) is 1. The molecule has 1 unspecified atom stereocenters. The number of rotatable bonds is 8. The lowest BCUT2D eigenvalue weighted by molar-refractivity contribution is -0.384. The van der Waals surface area contributed by atoms with E-state index in [0.29, 0.717) is 10.6 Å². The zero-order chi connectivity index (χ0) is 21.7. The normalized spacial score (nSPS) is 11.6. The first-order chi connectivity index (χ1) is 14.3. The van der Waals surface area contributed by atoms with E-state index in [1.54, 1.807) is 12.1 Å². The van der Waals surface area contributed by atoms with E-state index in [4.69, 9.17) is 9.15 Å². The van der Waals surface area contributed by atoms with Gasteiger partial charge in [0.25, 0.3) is 17.5 Å². The van der Waals surface area contributed by atoms with Crippen LogP contribution < -0.4 is 11.1 Å². The third kappa shape index (κ3) is 5.17. The quantitative estimate of drug-likeness (QED) is 0.324. The molecule has 156 valence electrons. The van der Waals surface area contributed by atoms with Crippen molar-refractivity contribution in [1.29, 1.82) is 0 Å². The summed E-state index contributed by atoms with van der Waals surface area (Å²) in [5.41, 5.74) is 0.210. The highest BCUT2D eigenvalue weighted by atomic mass is 32.1. The van der Waals surface area contributed by atoms with E-state index >= 15 is 0 Å². The first kappa shape index (κ1) is 20.9. The van der Waals surface area contributed by atoms with Crippen LogP contribution in [0.1, 0.15) is 13.3 Å². The number of aryl methyl sites for hydroxylation is 1. The molecule has 3 rings (SSSR count). The molecule has 0 saturated heterocycles. The standard InChI is InChI=1S/C18H16N4O7S/c1-11(16(24)19-12-4-6-13(7-5-12)22(26)27)28-15(23)8-9-21-18(25)29-17(20-21)14-3-2-10-30-14/h2-7,10-11H,8-9H2,1H3,(H,19,24). The molecule has 1 aromatic carbocycles. The summed E-state index contributed by atoms with van der Waals surface area (Å²) in [6.45, 7) is 1.32. The molecule has 0 radical (unpaired) electrons. The molecule has 1 amide bonds. The molecule has 3 aromatic rings. The number of nitro groups is 1. The molecule has 12 heteroatoms. The zero-order valence-electron chi connectivity index (χ0n) is 15.6. The Morgan fingerprint density at radius 2 is 2.07 bits per heavy atom. The Morgan fingerprint density at radius 3 is 2.70 bits per heavy atom. The van der Waals surface area contributed by atoms with Crippen LogP contribution in [0.3, 0.4) is 0 Å². The molecule has 2 heterocycles. The number of ether oxygens (including phenoxy) is 1. The molecule has 0 aliphatic carbocycles. The minimum atomic E-state index is -1.11. The van der Waals surface area contributed by atoms with Gasteiger partial charge in [-0.2, -0.15) is 4.68 Å². The molecule has 0 bridgehead atoms. The van der Waals surface area contributed by atoms with Gasteiger partial charge < -0.3 is 14.5 Å². The molecule has 0 spiro atoms. The average Bonchev–Trinajstić information content (AvgIpc) is 3.36. The average molecular weight is 432 g/mol. The van der Waals surface area contributed by atoms with Gasteiger partial charge >= 0.3 is 11.7 Å². The number of carbonyl (C=O) groups is 2. The third-order valence-electron chi connectivity index (χ3n) is 3.89. The molecule has 0 aliphatic heterocycles. The second-order valence-electron chi connectivity index (χ2n) is 6.05. The van der Waals surface area contributed by atoms with E-state index in [-0.39, 0.29) is 24.5 Å². The van der Waals surface area contributed by atoms with E-state index in [1.807, 2.05) is 5.38 Å². The number of aromatic nitrogens is 2. The number of nitrogens with zero attached hydrogens (tertiary/aromatic N) is 3. The van der Waals surface area contributed by atoms with Crippen molar-refractivity contribution in [1.82, 2.24) is 9.78 Å². The summed E-state index contributed by atoms with van der Waals surface area (Å²) in [6.07, 6.45) is -1.30. The highest BCUT2D eigenvalue weighted by Gasteiger charge is 2.19. The Labute approximate surface area is 173 Å². The molecular formula is C18H16N4O7S. The number of carbonyl (C=O) groups excluding carboxylic acids is 2. The largest absolute Gasteiger partial charge is 0.452 e. The second kappa shape index (κ2) is 9.13. The molecule has 11 nitrogen and oxygen atoms in total. The molecule has 2 aromatic heterocycles. The van der Waals surface area contributed by atoms with Crippen molar-refractivity contribution < 1.29 is 23.7 Å². The van der Waals surface area contributed by atoms with Crippen molar-refractivity contribution >= 4 is 34.6 Å². The van der Waals surface area contributed by atoms with Gasteiger partial charge in [-0.25, -0.2) is 4.79 Å². The van der Waals surface area contributed by atoms with Gasteiger partial charge in [0.15, 0.2) is 6.10 Å². The van der Waals surface area contributed by atoms with Crippen LogP contribution in [0.4, 0.5) is 11.4 Å². The van der Waals surface area contributed by atoms with Crippen LogP contribution in [-0.4, -0.2) is 32.7 Å². The van der Waals surface area contributed by atoms with Gasteiger partial charge in [0, 0.05) is 17.8 Å². The van der Waals surface area contributed by atoms with Gasteiger partial charge in [-0.1, -0.05) is 6.07 Å². The van der Waals surface area contributed by atoms with E-state index in [2.05, 4.69) is 10.4 Å². The van der Waals surface area contributed by atoms with E-state index in [9.17, 15) is 24.5 Å². The van der Waals surface area contributed by atoms with Crippen LogP contribution in [0.15, 0.2) is 51.0 Å². The molecule has 1 N–H and O–H groups in total. The summed E-state index contributed by atoms with van der Waals surface area (Å²) >= 11 is 1.36. The maximum absolute atomic E-state index is 12.1. The summed E-state index contributed by atoms with van der Waals surface area (Å²) in [5.74, 6) is -1.83. The maximum Gasteiger partial charge on any atom is 0.437 e. The van der Waals surface area contributed by atoms with E-state index in [0.717, 1.165) is 4.68 Å². The van der Waals surface area contributed by atoms with Crippen molar-refractivity contribution in [2.75, 3.05) is 5.32 Å². The lowest BCUT2D eigenvalue weighted by Crippen LogP contribution is -2.30. The van der Waals surface area contributed by atoms with Gasteiger partial charge in [0.05, 0.1) is 22.8 Å². The number of nitro benzene ring substituents is 1. The van der Waals surface area contributed by atoms with Crippen LogP contribution in [-0.2, 0) is 20.9 Å². The summed E-state index contributed by atoms with van der Waals surface area (Å²) in [4.78, 5) is 46.7. The van der Waals surface area contributed by atoms with Crippen molar-refractivity contribution in [2.45, 2.75) is 26.0 Å². The number of non-ortho nitro benzene ring substituents is 1. The number of thiophene rings is 1. The molecule has 30 heavy (non-hydrogen) atoms. The molecule has 0 aliphatic rings. The topological polar surface area (TPSA) is 147 Å². The SMILES string of the molecule is CC(OC(=O)CCn1nc(-c2cccs2)oc1=O)C(=O)Nc1ccc([N+](=O)[O-])cc1. The Morgan fingerprint density at radius 1 is 1.33 bits per heavy atom. The summed E-state index contributed by atoms with van der Waals surface area (Å²) in [5, 5.41) is 19.0. The Hall–Kier alpha value is -3.80. The predicted octanol–water partition coefficient (Wildman–Crippen LogP) is 2.43. The summed E-state index contributed by atoms with van der Waals surface area (Å²) in [6, 6.07) is 8.76. The minimum Gasteiger partial charge on any atom is -0.452 e. The van der Waals surface area contributed by atoms with Gasteiger partial charge in [-0.3, -0.25) is 19.7 Å². The van der Waals surface area contributed by atoms with Crippen LogP contribution in [0, 0.1) is 10.1 Å². The number of benzene rings is 1. The van der Waals surface area contributed by atoms with Gasteiger partial charge in [-0.05, 0) is 30.5 Å². The van der Waals surface area contributed by atoms with Crippen molar-refractivity contribution in [3.63, 3.8) is 0 Å². The van der Waals surface area contributed by atoms with E-state index < -0.39 is 28.7 Å². The fraction of sp³-hybridized carbons (Fsp3) is 0.222. The highest BCUT2D eigenvalue weighted by molar-refractivity contribution is 7.13. The summed E-state index contributed by atoms with van der Waals surface area (Å²) in [7, 11) is 0. The number of nitrogens with one attached hydrogen (secondary N) is 1. The van der Waals surface area contributed by atoms with Crippen molar-refractivity contribution in [2.24, 2.45) is 0 Å². The van der Waals surface area contributed by atoms with Crippen LogP contribution in [0.5, 0.6) is 0 Å². The Bertz CT molecular complexity index is 1100. The lowest BCUT2D eigenvalue weighted by Gasteiger charge is -2.13. The fourth-order valence-electron chi connectivity index (χ4n) is 2.36. The molecule has 1 atom stereocenters. The predicted molar refractivity (Wildman–Crippen MR) is 106 cm³/mol. The highest BCUT2D eigenvalue weighted by Crippen LogP contribution is 2.21. The number of esters is 1. The van der Waals surface area contributed by atoms with Gasteiger partial charge in [0.1, 0.15) is 0 Å². The first-order valence-electron chi connectivity index (χ1n) is 8.70. The third-order valence-corrected chi connectivity index (χ3v) is 4.75. The lowest BCUT2D eigenvalue weighted by atomic mass is 10.2. The maximum atomic E-state index is 12.1. The van der Waals surface area contributed by atoms with Crippen LogP contribution in [0.2, 0.25) is 0 Å². The monoisotopic (exact) mass is 432 g/mol. The van der Waals surface area contributed by atoms with Crippen molar-refractivity contribution in [3.8, 4) is 10.8 Å². The smallest absolute Gasteiger partial charge is 0.437 e.